The molecule has 2 aliphatic rings. The number of hydrogen-bond acceptors (Lipinski definition) is 3. The van der Waals surface area contributed by atoms with Crippen molar-refractivity contribution in [2.24, 2.45) is 5.92 Å². The second-order valence-corrected chi connectivity index (χ2v) is 4.84. The maximum atomic E-state index is 11.9. The third kappa shape index (κ3) is 2.74. The van der Waals surface area contributed by atoms with Gasteiger partial charge in [0.15, 0.2) is 0 Å². The second-order valence-electron chi connectivity index (χ2n) is 4.84. The first-order valence-electron chi connectivity index (χ1n) is 6.37. The van der Waals surface area contributed by atoms with Crippen molar-refractivity contribution in [3.05, 3.63) is 0 Å². The summed E-state index contributed by atoms with van der Waals surface area (Å²) in [7, 11) is 0. The predicted octanol–water partition coefficient (Wildman–Crippen LogP) is 0.668. The van der Waals surface area contributed by atoms with Gasteiger partial charge in [-0.25, -0.2) is 0 Å². The molecule has 0 radical (unpaired) electrons. The quantitative estimate of drug-likeness (QED) is 0.740. The summed E-state index contributed by atoms with van der Waals surface area (Å²) in [5.41, 5.74) is 0. The van der Waals surface area contributed by atoms with Crippen LogP contribution < -0.4 is 10.6 Å². The molecule has 1 aliphatic carbocycles. The zero-order valence-corrected chi connectivity index (χ0v) is 10.2. The largest absolute Gasteiger partial charge is 0.378 e. The Morgan fingerprint density at radius 3 is 3.06 bits per heavy atom. The highest BCUT2D eigenvalue weighted by Crippen LogP contribution is 2.34. The van der Waals surface area contributed by atoms with Crippen molar-refractivity contribution >= 4 is 5.91 Å². The van der Waals surface area contributed by atoms with Gasteiger partial charge in [0.1, 0.15) is 0 Å². The first-order valence-corrected chi connectivity index (χ1v) is 6.37. The van der Waals surface area contributed by atoms with E-state index in [1.807, 2.05) is 6.92 Å². The first kappa shape index (κ1) is 11.9. The molecule has 4 heteroatoms. The summed E-state index contributed by atoms with van der Waals surface area (Å²) in [4.78, 5) is 11.9. The monoisotopic (exact) mass is 226 g/mol. The highest BCUT2D eigenvalue weighted by Gasteiger charge is 2.44. The van der Waals surface area contributed by atoms with E-state index in [0.717, 1.165) is 25.8 Å². The number of nitrogens with one attached hydrogen (secondary N) is 2. The Kier molecular flexibility index (Phi) is 3.82. The van der Waals surface area contributed by atoms with E-state index in [1.54, 1.807) is 0 Å². The molecular weight excluding hydrogens is 204 g/mol. The van der Waals surface area contributed by atoms with Gasteiger partial charge in [0.05, 0.1) is 12.0 Å². The first-order chi connectivity index (χ1) is 7.72. The summed E-state index contributed by atoms with van der Waals surface area (Å²) in [6.07, 6.45) is 3.31. The molecule has 0 aromatic carbocycles. The number of ether oxygens (including phenoxy) is 1. The van der Waals surface area contributed by atoms with E-state index in [0.29, 0.717) is 18.7 Å². The van der Waals surface area contributed by atoms with Crippen molar-refractivity contribution in [3.8, 4) is 0 Å². The molecule has 1 amide bonds. The molecule has 0 spiro atoms. The molecule has 1 saturated heterocycles. The average Bonchev–Trinajstić information content (AvgIpc) is 3.01. The standard InChI is InChI=1S/C12H22N2O2/c1-3-16-11-7-9(11)12(15)14-10-5-4-6-13-8(10)2/h8-11,13H,3-7H2,1-2H3,(H,14,15). The van der Waals surface area contributed by atoms with Crippen molar-refractivity contribution in [3.63, 3.8) is 0 Å². The highest BCUT2D eigenvalue weighted by atomic mass is 16.5. The van der Waals surface area contributed by atoms with Crippen LogP contribution in [0.3, 0.4) is 0 Å². The molecule has 4 unspecified atom stereocenters. The van der Waals surface area contributed by atoms with Crippen molar-refractivity contribution in [1.82, 2.24) is 10.6 Å². The Morgan fingerprint density at radius 2 is 2.38 bits per heavy atom. The predicted molar refractivity (Wildman–Crippen MR) is 62.2 cm³/mol. The molecule has 2 fully saturated rings. The van der Waals surface area contributed by atoms with Crippen LogP contribution in [0.5, 0.6) is 0 Å². The lowest BCUT2D eigenvalue weighted by molar-refractivity contribution is -0.124. The van der Waals surface area contributed by atoms with Gasteiger partial charge in [-0.15, -0.1) is 0 Å². The van der Waals surface area contributed by atoms with Gasteiger partial charge >= 0.3 is 0 Å². The van der Waals surface area contributed by atoms with E-state index >= 15 is 0 Å². The number of rotatable bonds is 4. The van der Waals surface area contributed by atoms with Gasteiger partial charge in [-0.05, 0) is 39.7 Å². The maximum absolute atomic E-state index is 11.9. The van der Waals surface area contributed by atoms with Crippen molar-refractivity contribution in [1.29, 1.82) is 0 Å². The summed E-state index contributed by atoms with van der Waals surface area (Å²) >= 11 is 0. The fourth-order valence-electron chi connectivity index (χ4n) is 2.38. The zero-order chi connectivity index (χ0) is 11.5. The molecule has 1 aliphatic heterocycles. The Bertz CT molecular complexity index is 257. The topological polar surface area (TPSA) is 50.4 Å². The lowest BCUT2D eigenvalue weighted by Crippen LogP contribution is -2.52. The maximum Gasteiger partial charge on any atom is 0.226 e. The fourth-order valence-corrected chi connectivity index (χ4v) is 2.38. The van der Waals surface area contributed by atoms with Crippen molar-refractivity contribution in [2.75, 3.05) is 13.2 Å². The molecule has 16 heavy (non-hydrogen) atoms. The molecule has 0 aromatic heterocycles. The van der Waals surface area contributed by atoms with E-state index in [2.05, 4.69) is 17.6 Å². The number of piperidine rings is 1. The molecular formula is C12H22N2O2. The Hall–Kier alpha value is -0.610. The molecule has 0 bridgehead atoms. The van der Waals surface area contributed by atoms with E-state index in [9.17, 15) is 4.79 Å². The van der Waals surface area contributed by atoms with Crippen LogP contribution in [0.1, 0.15) is 33.1 Å². The SMILES string of the molecule is CCOC1CC1C(=O)NC1CCCNC1C. The molecule has 1 heterocycles. The molecule has 92 valence electrons. The van der Waals surface area contributed by atoms with E-state index in [4.69, 9.17) is 4.74 Å². The zero-order valence-electron chi connectivity index (χ0n) is 10.2. The minimum absolute atomic E-state index is 0.106. The van der Waals surface area contributed by atoms with Gasteiger partial charge in [-0.2, -0.15) is 0 Å². The smallest absolute Gasteiger partial charge is 0.226 e. The summed E-state index contributed by atoms with van der Waals surface area (Å²) in [6, 6.07) is 0.686. The van der Waals surface area contributed by atoms with E-state index in [1.165, 1.54) is 0 Å². The molecule has 2 N–H and O–H groups in total. The lowest BCUT2D eigenvalue weighted by Gasteiger charge is -2.30. The molecule has 0 aromatic rings. The number of carbonyl (C=O) groups is 1. The Balaban J connectivity index is 1.75. The molecule has 2 rings (SSSR count). The van der Waals surface area contributed by atoms with Crippen molar-refractivity contribution < 1.29 is 9.53 Å². The third-order valence-electron chi connectivity index (χ3n) is 3.54. The summed E-state index contributed by atoms with van der Waals surface area (Å²) in [5.74, 6) is 0.285. The van der Waals surface area contributed by atoms with Crippen LogP contribution in [-0.4, -0.2) is 37.2 Å². The number of carbonyl (C=O) groups excluding carboxylic acids is 1. The van der Waals surface area contributed by atoms with Gasteiger partial charge in [-0.1, -0.05) is 0 Å². The van der Waals surface area contributed by atoms with Crippen LogP contribution in [0.25, 0.3) is 0 Å². The second kappa shape index (κ2) is 5.15. The van der Waals surface area contributed by atoms with Gasteiger partial charge in [0, 0.05) is 18.7 Å². The minimum atomic E-state index is 0.106. The van der Waals surface area contributed by atoms with Crippen LogP contribution in [-0.2, 0) is 9.53 Å². The van der Waals surface area contributed by atoms with Crippen LogP contribution >= 0.6 is 0 Å². The van der Waals surface area contributed by atoms with Crippen LogP contribution in [0, 0.1) is 5.92 Å². The summed E-state index contributed by atoms with van der Waals surface area (Å²) in [5, 5.41) is 6.52. The summed E-state index contributed by atoms with van der Waals surface area (Å²) in [6.45, 7) is 5.88. The Morgan fingerprint density at radius 1 is 1.56 bits per heavy atom. The average molecular weight is 226 g/mol. The van der Waals surface area contributed by atoms with Crippen LogP contribution in [0.15, 0.2) is 0 Å². The van der Waals surface area contributed by atoms with Crippen LogP contribution in [0.4, 0.5) is 0 Å². The third-order valence-corrected chi connectivity index (χ3v) is 3.54. The molecule has 4 nitrogen and oxygen atoms in total. The van der Waals surface area contributed by atoms with Crippen LogP contribution in [0.2, 0.25) is 0 Å². The van der Waals surface area contributed by atoms with Crippen molar-refractivity contribution in [2.45, 2.75) is 51.3 Å². The van der Waals surface area contributed by atoms with Gasteiger partial charge in [-0.3, -0.25) is 4.79 Å². The normalized spacial score (nSPS) is 38.1. The van der Waals surface area contributed by atoms with E-state index in [-0.39, 0.29) is 17.9 Å². The Labute approximate surface area is 97.1 Å². The summed E-state index contributed by atoms with van der Waals surface area (Å²) < 4.78 is 5.43. The lowest BCUT2D eigenvalue weighted by atomic mass is 10.00. The fraction of sp³-hybridized carbons (Fsp3) is 0.917. The molecule has 4 atom stereocenters. The number of amides is 1. The number of hydrogen-bond donors (Lipinski definition) is 2. The van der Waals surface area contributed by atoms with Gasteiger partial charge in [0.25, 0.3) is 0 Å². The van der Waals surface area contributed by atoms with Gasteiger partial charge < -0.3 is 15.4 Å². The molecule has 1 saturated carbocycles. The van der Waals surface area contributed by atoms with E-state index < -0.39 is 0 Å². The highest BCUT2D eigenvalue weighted by molar-refractivity contribution is 5.82. The van der Waals surface area contributed by atoms with Gasteiger partial charge in [0.2, 0.25) is 5.91 Å². The minimum Gasteiger partial charge on any atom is -0.378 e.